The number of aromatic nitrogens is 1. The molecule has 2 heterocycles. The predicted octanol–water partition coefficient (Wildman–Crippen LogP) is 1.15. The van der Waals surface area contributed by atoms with E-state index in [1.807, 2.05) is 6.20 Å². The molecule has 0 saturated carbocycles. The van der Waals surface area contributed by atoms with Crippen LogP contribution in [0.15, 0.2) is 18.3 Å². The fourth-order valence-electron chi connectivity index (χ4n) is 2.07. The molecule has 1 aromatic rings. The van der Waals surface area contributed by atoms with Gasteiger partial charge in [0.15, 0.2) is 0 Å². The first kappa shape index (κ1) is 12.5. The van der Waals surface area contributed by atoms with E-state index < -0.39 is 0 Å². The molecular weight excluding hydrogens is 214 g/mol. The van der Waals surface area contributed by atoms with Crippen molar-refractivity contribution in [3.05, 3.63) is 29.6 Å². The van der Waals surface area contributed by atoms with Crippen molar-refractivity contribution in [1.82, 2.24) is 9.88 Å². The second-order valence-corrected chi connectivity index (χ2v) is 4.78. The summed E-state index contributed by atoms with van der Waals surface area (Å²) in [5.74, 6) is 0. The maximum atomic E-state index is 5.62. The van der Waals surface area contributed by atoms with Gasteiger partial charge < -0.3 is 10.5 Å². The SMILES string of the molecule is CC1CN(Cc2ccc(CN)cn2)C(C)CO1. The summed E-state index contributed by atoms with van der Waals surface area (Å²) in [5.41, 5.74) is 7.74. The summed E-state index contributed by atoms with van der Waals surface area (Å²) < 4.78 is 5.62. The van der Waals surface area contributed by atoms with Crippen LogP contribution in [-0.4, -0.2) is 35.2 Å². The summed E-state index contributed by atoms with van der Waals surface area (Å²) in [6, 6.07) is 4.58. The van der Waals surface area contributed by atoms with Crippen LogP contribution in [0.2, 0.25) is 0 Å². The van der Waals surface area contributed by atoms with Crippen molar-refractivity contribution in [2.45, 2.75) is 39.1 Å². The van der Waals surface area contributed by atoms with Crippen molar-refractivity contribution in [1.29, 1.82) is 0 Å². The molecule has 1 aliphatic heterocycles. The number of morpholine rings is 1. The van der Waals surface area contributed by atoms with Crippen LogP contribution in [0.5, 0.6) is 0 Å². The minimum atomic E-state index is 0.314. The van der Waals surface area contributed by atoms with Crippen LogP contribution in [0.1, 0.15) is 25.1 Å². The molecule has 17 heavy (non-hydrogen) atoms. The van der Waals surface area contributed by atoms with Crippen LogP contribution in [-0.2, 0) is 17.8 Å². The van der Waals surface area contributed by atoms with Crippen molar-refractivity contribution in [3.8, 4) is 0 Å². The van der Waals surface area contributed by atoms with E-state index in [4.69, 9.17) is 10.5 Å². The van der Waals surface area contributed by atoms with Crippen LogP contribution >= 0.6 is 0 Å². The first-order chi connectivity index (χ1) is 8.19. The zero-order valence-corrected chi connectivity index (χ0v) is 10.6. The van der Waals surface area contributed by atoms with Crippen LogP contribution in [0.25, 0.3) is 0 Å². The number of nitrogens with zero attached hydrogens (tertiary/aromatic N) is 2. The van der Waals surface area contributed by atoms with Crippen LogP contribution in [0.4, 0.5) is 0 Å². The molecule has 0 bridgehead atoms. The smallest absolute Gasteiger partial charge is 0.0674 e. The molecule has 1 saturated heterocycles. The lowest BCUT2D eigenvalue weighted by atomic mass is 10.2. The molecule has 0 amide bonds. The molecule has 2 rings (SSSR count). The van der Waals surface area contributed by atoms with Crippen LogP contribution in [0, 0.1) is 0 Å². The maximum absolute atomic E-state index is 5.62. The third-order valence-corrected chi connectivity index (χ3v) is 3.22. The van der Waals surface area contributed by atoms with Gasteiger partial charge in [-0.2, -0.15) is 0 Å². The van der Waals surface area contributed by atoms with Crippen molar-refractivity contribution in [2.24, 2.45) is 5.73 Å². The number of hydrogen-bond acceptors (Lipinski definition) is 4. The van der Waals surface area contributed by atoms with E-state index in [1.165, 1.54) is 0 Å². The van der Waals surface area contributed by atoms with Gasteiger partial charge in [-0.3, -0.25) is 9.88 Å². The molecule has 1 aliphatic rings. The number of pyridine rings is 1. The fraction of sp³-hybridized carbons (Fsp3) is 0.615. The van der Waals surface area contributed by atoms with Gasteiger partial charge in [-0.05, 0) is 25.5 Å². The van der Waals surface area contributed by atoms with Crippen LogP contribution in [0.3, 0.4) is 0 Å². The minimum Gasteiger partial charge on any atom is -0.376 e. The summed E-state index contributed by atoms with van der Waals surface area (Å²) in [6.07, 6.45) is 2.18. The molecule has 1 fully saturated rings. The van der Waals surface area contributed by atoms with Gasteiger partial charge in [0.25, 0.3) is 0 Å². The van der Waals surface area contributed by atoms with E-state index in [0.29, 0.717) is 18.7 Å². The highest BCUT2D eigenvalue weighted by atomic mass is 16.5. The molecule has 2 unspecified atom stereocenters. The number of ether oxygens (including phenoxy) is 1. The molecule has 0 radical (unpaired) electrons. The second-order valence-electron chi connectivity index (χ2n) is 4.78. The third-order valence-electron chi connectivity index (χ3n) is 3.22. The summed E-state index contributed by atoms with van der Waals surface area (Å²) >= 11 is 0. The zero-order chi connectivity index (χ0) is 12.3. The maximum Gasteiger partial charge on any atom is 0.0674 e. The lowest BCUT2D eigenvalue weighted by Crippen LogP contribution is -2.46. The minimum absolute atomic E-state index is 0.314. The van der Waals surface area contributed by atoms with Gasteiger partial charge in [0.05, 0.1) is 18.4 Å². The summed E-state index contributed by atoms with van der Waals surface area (Å²) in [5, 5.41) is 0. The topological polar surface area (TPSA) is 51.4 Å². The van der Waals surface area contributed by atoms with Crippen molar-refractivity contribution in [2.75, 3.05) is 13.2 Å². The molecule has 2 atom stereocenters. The van der Waals surface area contributed by atoms with Gasteiger partial charge >= 0.3 is 0 Å². The van der Waals surface area contributed by atoms with Crippen molar-refractivity contribution in [3.63, 3.8) is 0 Å². The normalized spacial score (nSPS) is 26.1. The van der Waals surface area contributed by atoms with Gasteiger partial charge in [-0.1, -0.05) is 6.07 Å². The molecule has 1 aromatic heterocycles. The molecule has 4 heteroatoms. The quantitative estimate of drug-likeness (QED) is 0.854. The molecule has 0 spiro atoms. The monoisotopic (exact) mass is 235 g/mol. The Labute approximate surface area is 103 Å². The van der Waals surface area contributed by atoms with Gasteiger partial charge in [0, 0.05) is 31.9 Å². The zero-order valence-electron chi connectivity index (χ0n) is 10.6. The lowest BCUT2D eigenvalue weighted by molar-refractivity contribution is -0.0530. The Kier molecular flexibility index (Phi) is 4.10. The molecular formula is C13H21N3O. The second kappa shape index (κ2) is 5.58. The average Bonchev–Trinajstić information content (AvgIpc) is 2.35. The van der Waals surface area contributed by atoms with Crippen molar-refractivity contribution >= 4 is 0 Å². The highest BCUT2D eigenvalue weighted by molar-refractivity contribution is 5.13. The molecule has 4 nitrogen and oxygen atoms in total. The Balaban J connectivity index is 1.98. The van der Waals surface area contributed by atoms with Gasteiger partial charge in [-0.15, -0.1) is 0 Å². The molecule has 2 N–H and O–H groups in total. The Morgan fingerprint density at radius 1 is 1.47 bits per heavy atom. The largest absolute Gasteiger partial charge is 0.376 e. The van der Waals surface area contributed by atoms with Gasteiger partial charge in [0.1, 0.15) is 0 Å². The van der Waals surface area contributed by atoms with E-state index in [1.54, 1.807) is 0 Å². The highest BCUT2D eigenvalue weighted by Gasteiger charge is 2.23. The standard InChI is InChI=1S/C13H21N3O/c1-10-9-17-11(2)7-16(10)8-13-4-3-12(5-14)6-15-13/h3-4,6,10-11H,5,7-9,14H2,1-2H3. The fourth-order valence-corrected chi connectivity index (χ4v) is 2.07. The third kappa shape index (κ3) is 3.25. The molecule has 94 valence electrons. The first-order valence-corrected chi connectivity index (χ1v) is 6.18. The highest BCUT2D eigenvalue weighted by Crippen LogP contribution is 2.14. The predicted molar refractivity (Wildman–Crippen MR) is 67.4 cm³/mol. The van der Waals surface area contributed by atoms with E-state index >= 15 is 0 Å². The summed E-state index contributed by atoms with van der Waals surface area (Å²) in [7, 11) is 0. The van der Waals surface area contributed by atoms with Crippen molar-refractivity contribution < 1.29 is 4.74 Å². The lowest BCUT2D eigenvalue weighted by Gasteiger charge is -2.36. The molecule has 0 aromatic carbocycles. The Bertz CT molecular complexity index is 352. The number of nitrogens with two attached hydrogens (primary N) is 1. The van der Waals surface area contributed by atoms with E-state index in [2.05, 4.69) is 35.9 Å². The Hall–Kier alpha value is -0.970. The van der Waals surface area contributed by atoms with E-state index in [0.717, 1.165) is 31.0 Å². The number of rotatable bonds is 3. The van der Waals surface area contributed by atoms with Gasteiger partial charge in [0.2, 0.25) is 0 Å². The first-order valence-electron chi connectivity index (χ1n) is 6.18. The summed E-state index contributed by atoms with van der Waals surface area (Å²) in [6.45, 7) is 7.53. The van der Waals surface area contributed by atoms with Crippen LogP contribution < -0.4 is 5.73 Å². The van der Waals surface area contributed by atoms with E-state index in [-0.39, 0.29) is 0 Å². The van der Waals surface area contributed by atoms with Gasteiger partial charge in [-0.25, -0.2) is 0 Å². The Morgan fingerprint density at radius 2 is 2.29 bits per heavy atom. The Morgan fingerprint density at radius 3 is 2.94 bits per heavy atom. The molecule has 0 aliphatic carbocycles. The van der Waals surface area contributed by atoms with E-state index in [9.17, 15) is 0 Å². The summed E-state index contributed by atoms with van der Waals surface area (Å²) in [4.78, 5) is 6.86. The number of hydrogen-bond donors (Lipinski definition) is 1. The average molecular weight is 235 g/mol.